The summed E-state index contributed by atoms with van der Waals surface area (Å²) < 4.78 is 0. The lowest BCUT2D eigenvalue weighted by atomic mass is 10.1. The summed E-state index contributed by atoms with van der Waals surface area (Å²) in [6.45, 7) is 1.73. The Morgan fingerprint density at radius 2 is 2.12 bits per heavy atom. The quantitative estimate of drug-likeness (QED) is 0.547. The van der Waals surface area contributed by atoms with Crippen molar-refractivity contribution in [3.8, 4) is 0 Å². The molecule has 0 saturated heterocycles. The average Bonchev–Trinajstić information content (AvgIpc) is 3.02. The van der Waals surface area contributed by atoms with Gasteiger partial charge >= 0.3 is 6.03 Å². The van der Waals surface area contributed by atoms with Gasteiger partial charge in [0.25, 0.3) is 5.69 Å². The molecule has 0 saturated carbocycles. The van der Waals surface area contributed by atoms with Gasteiger partial charge in [-0.1, -0.05) is 12.1 Å². The van der Waals surface area contributed by atoms with E-state index in [1.165, 1.54) is 23.5 Å². The maximum Gasteiger partial charge on any atom is 0.312 e. The number of anilines is 1. The second-order valence-corrected chi connectivity index (χ2v) is 6.06. The number of nitro groups is 1. The summed E-state index contributed by atoms with van der Waals surface area (Å²) in [5.41, 5.74) is 6.10. The fourth-order valence-electron chi connectivity index (χ4n) is 2.13. The van der Waals surface area contributed by atoms with E-state index in [0.29, 0.717) is 11.3 Å². The van der Waals surface area contributed by atoms with Crippen LogP contribution in [0.1, 0.15) is 22.9 Å². The molecule has 0 fully saturated rings. The molecule has 1 aromatic heterocycles. The van der Waals surface area contributed by atoms with Gasteiger partial charge < -0.3 is 16.4 Å². The van der Waals surface area contributed by atoms with E-state index in [0.717, 1.165) is 4.88 Å². The molecule has 2 rings (SSSR count). The smallest absolute Gasteiger partial charge is 0.312 e. The van der Waals surface area contributed by atoms with Gasteiger partial charge in [-0.2, -0.15) is 0 Å². The van der Waals surface area contributed by atoms with Crippen LogP contribution in [0, 0.1) is 17.0 Å². The number of hydrogen-bond donors (Lipinski definition) is 3. The maximum atomic E-state index is 12.3. The maximum absolute atomic E-state index is 12.3. The van der Waals surface area contributed by atoms with Crippen molar-refractivity contribution < 1.29 is 14.5 Å². The van der Waals surface area contributed by atoms with E-state index in [9.17, 15) is 19.7 Å². The van der Waals surface area contributed by atoms with E-state index in [1.807, 2.05) is 5.38 Å². The number of nitrogens with zero attached hydrogens (tertiary/aromatic N) is 1. The fourth-order valence-corrected chi connectivity index (χ4v) is 2.91. The van der Waals surface area contributed by atoms with E-state index in [4.69, 9.17) is 5.73 Å². The minimum absolute atomic E-state index is 0.0361. The molecular weight excluding hydrogens is 332 g/mol. The van der Waals surface area contributed by atoms with Crippen LogP contribution in [0.25, 0.3) is 0 Å². The van der Waals surface area contributed by atoms with Crippen LogP contribution in [0.15, 0.2) is 35.7 Å². The van der Waals surface area contributed by atoms with Gasteiger partial charge in [0.1, 0.15) is 0 Å². The molecule has 9 heteroatoms. The Hall–Kier alpha value is -2.94. The second kappa shape index (κ2) is 7.55. The van der Waals surface area contributed by atoms with Crippen LogP contribution in [0.2, 0.25) is 0 Å². The van der Waals surface area contributed by atoms with Gasteiger partial charge in [-0.3, -0.25) is 14.9 Å². The predicted octanol–water partition coefficient (Wildman–Crippen LogP) is 2.70. The van der Waals surface area contributed by atoms with Crippen molar-refractivity contribution in [1.82, 2.24) is 5.32 Å². The third-order valence-electron chi connectivity index (χ3n) is 3.30. The van der Waals surface area contributed by atoms with E-state index in [2.05, 4.69) is 10.6 Å². The number of nitrogens with one attached hydrogen (secondary N) is 2. The van der Waals surface area contributed by atoms with Crippen molar-refractivity contribution in [2.75, 3.05) is 5.32 Å². The number of aryl methyl sites for hydroxylation is 1. The van der Waals surface area contributed by atoms with Crippen molar-refractivity contribution in [1.29, 1.82) is 0 Å². The summed E-state index contributed by atoms with van der Waals surface area (Å²) in [7, 11) is 0. The highest BCUT2D eigenvalue weighted by molar-refractivity contribution is 7.10. The number of benzene rings is 1. The first-order chi connectivity index (χ1) is 11.4. The van der Waals surface area contributed by atoms with Gasteiger partial charge in [0, 0.05) is 17.0 Å². The summed E-state index contributed by atoms with van der Waals surface area (Å²) in [6, 6.07) is 6.54. The van der Waals surface area contributed by atoms with Gasteiger partial charge in [-0.25, -0.2) is 4.79 Å². The van der Waals surface area contributed by atoms with Crippen LogP contribution in [-0.4, -0.2) is 16.9 Å². The molecule has 1 unspecified atom stereocenters. The molecule has 24 heavy (non-hydrogen) atoms. The average molecular weight is 348 g/mol. The van der Waals surface area contributed by atoms with Gasteiger partial charge in [0.15, 0.2) is 0 Å². The number of thiophene rings is 1. The van der Waals surface area contributed by atoms with Crippen molar-refractivity contribution in [2.45, 2.75) is 19.4 Å². The van der Waals surface area contributed by atoms with Crippen molar-refractivity contribution in [2.24, 2.45) is 5.73 Å². The Morgan fingerprint density at radius 3 is 2.71 bits per heavy atom. The first kappa shape index (κ1) is 17.4. The lowest BCUT2D eigenvalue weighted by Gasteiger charge is -2.16. The molecular formula is C15H16N4O4S. The van der Waals surface area contributed by atoms with Gasteiger partial charge in [-0.05, 0) is 23.9 Å². The summed E-state index contributed by atoms with van der Waals surface area (Å²) in [6.07, 6.45) is -0.0361. The van der Waals surface area contributed by atoms with E-state index >= 15 is 0 Å². The molecule has 0 aliphatic rings. The number of rotatable bonds is 6. The van der Waals surface area contributed by atoms with Crippen LogP contribution in [0.3, 0.4) is 0 Å². The summed E-state index contributed by atoms with van der Waals surface area (Å²) >= 11 is 1.39. The fraction of sp³-hybridized carbons (Fsp3) is 0.200. The zero-order valence-electron chi connectivity index (χ0n) is 12.8. The Kier molecular flexibility index (Phi) is 5.48. The molecule has 0 spiro atoms. The zero-order valence-corrected chi connectivity index (χ0v) is 13.6. The van der Waals surface area contributed by atoms with E-state index < -0.39 is 17.0 Å². The lowest BCUT2D eigenvalue weighted by Crippen LogP contribution is -2.34. The number of non-ortho nitro benzene ring substituents is 1. The molecule has 1 atom stereocenters. The second-order valence-electron chi connectivity index (χ2n) is 5.09. The molecule has 8 nitrogen and oxygen atoms in total. The standard InChI is InChI=1S/C15H16N4O4S/c1-9-4-5-10(19(22)23)7-11(9)17-14(20)8-12(18-15(16)21)13-3-2-6-24-13/h2-7,12H,8H2,1H3,(H,17,20)(H3,16,18,21). The number of primary amides is 1. The van der Waals surface area contributed by atoms with Crippen LogP contribution in [-0.2, 0) is 4.79 Å². The molecule has 1 aromatic carbocycles. The third kappa shape index (κ3) is 4.53. The first-order valence-electron chi connectivity index (χ1n) is 7.01. The highest BCUT2D eigenvalue weighted by Gasteiger charge is 2.19. The molecule has 3 amide bonds. The molecule has 0 aliphatic heterocycles. The van der Waals surface area contributed by atoms with Gasteiger partial charge in [0.05, 0.1) is 23.1 Å². The van der Waals surface area contributed by atoms with Crippen LogP contribution in [0.5, 0.6) is 0 Å². The number of nitro benzene ring substituents is 1. The molecule has 2 aromatic rings. The Morgan fingerprint density at radius 1 is 1.38 bits per heavy atom. The van der Waals surface area contributed by atoms with Gasteiger partial charge in [0.2, 0.25) is 5.91 Å². The Labute approximate surface area is 141 Å². The molecule has 1 heterocycles. The highest BCUT2D eigenvalue weighted by atomic mass is 32.1. The number of hydrogen-bond acceptors (Lipinski definition) is 5. The normalized spacial score (nSPS) is 11.5. The number of amides is 3. The minimum Gasteiger partial charge on any atom is -0.352 e. The summed E-state index contributed by atoms with van der Waals surface area (Å²) in [5.74, 6) is -0.384. The highest BCUT2D eigenvalue weighted by Crippen LogP contribution is 2.25. The Bertz CT molecular complexity index is 761. The largest absolute Gasteiger partial charge is 0.352 e. The lowest BCUT2D eigenvalue weighted by molar-refractivity contribution is -0.384. The summed E-state index contributed by atoms with van der Waals surface area (Å²) in [4.78, 5) is 34.5. The molecule has 0 radical (unpaired) electrons. The molecule has 0 bridgehead atoms. The van der Waals surface area contributed by atoms with E-state index in [1.54, 1.807) is 25.1 Å². The van der Waals surface area contributed by atoms with Crippen molar-refractivity contribution in [3.63, 3.8) is 0 Å². The topological polar surface area (TPSA) is 127 Å². The summed E-state index contributed by atoms with van der Waals surface area (Å²) in [5, 5.41) is 17.8. The first-order valence-corrected chi connectivity index (χ1v) is 7.89. The van der Waals surface area contributed by atoms with Crippen molar-refractivity contribution in [3.05, 3.63) is 56.3 Å². The van der Waals surface area contributed by atoms with Gasteiger partial charge in [-0.15, -0.1) is 11.3 Å². The molecule has 126 valence electrons. The molecule has 4 N–H and O–H groups in total. The number of carbonyl (C=O) groups excluding carboxylic acids is 2. The zero-order chi connectivity index (χ0) is 17.7. The SMILES string of the molecule is Cc1ccc([N+](=O)[O-])cc1NC(=O)CC(NC(N)=O)c1cccs1. The number of carbonyl (C=O) groups is 2. The van der Waals surface area contributed by atoms with Crippen molar-refractivity contribution >= 4 is 34.6 Å². The number of nitrogens with two attached hydrogens (primary N) is 1. The molecule has 0 aliphatic carbocycles. The number of urea groups is 1. The minimum atomic E-state index is -0.729. The van der Waals surface area contributed by atoms with Crippen LogP contribution in [0.4, 0.5) is 16.2 Å². The van der Waals surface area contributed by atoms with E-state index in [-0.39, 0.29) is 18.0 Å². The van der Waals surface area contributed by atoms with Crippen LogP contribution < -0.4 is 16.4 Å². The van der Waals surface area contributed by atoms with Crippen LogP contribution >= 0.6 is 11.3 Å². The predicted molar refractivity (Wildman–Crippen MR) is 90.9 cm³/mol. The monoisotopic (exact) mass is 348 g/mol. The Balaban J connectivity index is 2.12. The third-order valence-corrected chi connectivity index (χ3v) is 4.28.